The van der Waals surface area contributed by atoms with Gasteiger partial charge in [0.2, 0.25) is 5.56 Å². The molecule has 1 heterocycles. The first-order valence-corrected chi connectivity index (χ1v) is 3.85. The molecule has 1 aromatic heterocycles. The summed E-state index contributed by atoms with van der Waals surface area (Å²) >= 11 is 0. The molecule has 0 saturated heterocycles. The van der Waals surface area contributed by atoms with Crippen molar-refractivity contribution in [2.24, 2.45) is 0 Å². The first-order valence-electron chi connectivity index (χ1n) is 3.85. The molecule has 1 rings (SSSR count). The number of aromatic amines is 1. The van der Waals surface area contributed by atoms with Gasteiger partial charge in [-0.3, -0.25) is 4.79 Å². The summed E-state index contributed by atoms with van der Waals surface area (Å²) in [5.41, 5.74) is -0.0532. The van der Waals surface area contributed by atoms with Gasteiger partial charge in [0.05, 0.1) is 0 Å². The van der Waals surface area contributed by atoms with E-state index in [4.69, 9.17) is 19.8 Å². The number of halogens is 1. The zero-order valence-electron chi connectivity index (χ0n) is 9.73. The minimum Gasteiger partial charge on any atom is -0.550 e. The average molecular weight is 363 g/mol. The smallest absolute Gasteiger partial charge is 0.550 e. The van der Waals surface area contributed by atoms with E-state index >= 15 is 0 Å². The summed E-state index contributed by atoms with van der Waals surface area (Å²) in [6, 6.07) is 4.93. The van der Waals surface area contributed by atoms with Crippen LogP contribution in [0.4, 0.5) is 0 Å². The fourth-order valence-corrected chi connectivity index (χ4v) is 0.377. The van der Waals surface area contributed by atoms with Crippen LogP contribution >= 0.6 is 0 Å². The molecule has 90 valence electrons. The van der Waals surface area contributed by atoms with Gasteiger partial charge in [-0.05, 0) is 19.9 Å². The van der Waals surface area contributed by atoms with Gasteiger partial charge in [0.1, 0.15) is 0 Å². The molecule has 0 amide bonds. The minimum absolute atomic E-state index is 0. The molecule has 0 aliphatic carbocycles. The van der Waals surface area contributed by atoms with Crippen LogP contribution in [0.15, 0.2) is 29.2 Å². The maximum absolute atomic E-state index is 10.2. The van der Waals surface area contributed by atoms with E-state index in [2.05, 4.69) is 4.98 Å². The molecule has 0 saturated carbocycles. The first kappa shape index (κ1) is 25.5. The molecule has 17 heavy (non-hydrogen) atoms. The van der Waals surface area contributed by atoms with Crippen LogP contribution in [0.2, 0.25) is 0 Å². The van der Waals surface area contributed by atoms with Gasteiger partial charge in [0, 0.05) is 24.2 Å². The molecule has 0 aliphatic rings. The molecule has 8 heteroatoms. The molecule has 0 fully saturated rings. The summed E-state index contributed by atoms with van der Waals surface area (Å²) in [6.07, 6.45) is 1.60. The molecular formula is C9H11INNaO5. The molecule has 1 aromatic rings. The molecule has 0 atom stereocenters. The van der Waals surface area contributed by atoms with Crippen LogP contribution in [-0.2, 0) is 9.59 Å². The van der Waals surface area contributed by atoms with Crippen molar-refractivity contribution in [1.29, 1.82) is 0 Å². The first-order chi connectivity index (χ1) is 6.86. The van der Waals surface area contributed by atoms with Gasteiger partial charge in [0.25, 0.3) is 0 Å². The number of aliphatic carboxylic acids is 2. The van der Waals surface area contributed by atoms with Crippen molar-refractivity contribution in [1.82, 2.24) is 4.98 Å². The summed E-state index contributed by atoms with van der Waals surface area (Å²) in [6.45, 7) is 1.94. The number of carboxylic acids is 2. The Morgan fingerprint density at radius 3 is 1.59 bits per heavy atom. The second kappa shape index (κ2) is 18.0. The number of carboxylic acid groups (broad SMARTS) is 2. The molecular weight excluding hydrogens is 352 g/mol. The average Bonchev–Trinajstić information content (AvgIpc) is 2.03. The Kier molecular flexibility index (Phi) is 27.0. The van der Waals surface area contributed by atoms with Crippen molar-refractivity contribution in [2.45, 2.75) is 13.8 Å². The largest absolute Gasteiger partial charge is 1.00 e. The van der Waals surface area contributed by atoms with Crippen LogP contribution in [0.3, 0.4) is 0 Å². The summed E-state index contributed by atoms with van der Waals surface area (Å²) in [7, 11) is 0. The van der Waals surface area contributed by atoms with Crippen LogP contribution in [0.25, 0.3) is 0 Å². The van der Waals surface area contributed by atoms with E-state index in [1.165, 1.54) is 6.07 Å². The van der Waals surface area contributed by atoms with Crippen LogP contribution in [0, 0.1) is 0 Å². The Morgan fingerprint density at radius 2 is 1.47 bits per heavy atom. The second-order valence-corrected chi connectivity index (χ2v) is 2.21. The zero-order chi connectivity index (χ0) is 12.3. The molecule has 2 radical (unpaired) electrons. The Morgan fingerprint density at radius 1 is 1.12 bits per heavy atom. The van der Waals surface area contributed by atoms with Gasteiger partial charge in [-0.25, -0.2) is 0 Å². The van der Waals surface area contributed by atoms with E-state index in [9.17, 15) is 4.79 Å². The van der Waals surface area contributed by atoms with Crippen LogP contribution in [-0.4, -0.2) is 16.9 Å². The number of rotatable bonds is 0. The molecule has 6 nitrogen and oxygen atoms in total. The Bertz CT molecular complexity index is 318. The summed E-state index contributed by atoms with van der Waals surface area (Å²) in [5.74, 6) is -2.17. The number of carbonyl (C=O) groups excluding carboxylic acids is 2. The Balaban J connectivity index is -0.0000000755. The van der Waals surface area contributed by atoms with E-state index in [1.807, 2.05) is 0 Å². The quantitative estimate of drug-likeness (QED) is 0.363. The maximum Gasteiger partial charge on any atom is 1.00 e. The van der Waals surface area contributed by atoms with Crippen molar-refractivity contribution in [2.75, 3.05) is 0 Å². The van der Waals surface area contributed by atoms with E-state index in [0.717, 1.165) is 13.8 Å². The third-order valence-electron chi connectivity index (χ3n) is 0.681. The van der Waals surface area contributed by atoms with Gasteiger partial charge in [-0.2, -0.15) is 0 Å². The normalized spacial score (nSPS) is 6.47. The predicted octanol–water partition coefficient (Wildman–Crippen LogP) is -8.10. The number of H-pyrrole nitrogens is 1. The van der Waals surface area contributed by atoms with Gasteiger partial charge < -0.3 is 24.8 Å². The predicted molar refractivity (Wildman–Crippen MR) is 48.4 cm³/mol. The molecule has 1 N–H and O–H groups in total. The zero-order valence-corrected chi connectivity index (χ0v) is 13.9. The SMILES string of the molecule is CC(=O)[O-].CC(=O)[O-].O=c1cccc[nH]1.[I+].[Na+]. The minimum atomic E-state index is -1.08. The molecule has 0 aliphatic heterocycles. The van der Waals surface area contributed by atoms with Gasteiger partial charge in [0.15, 0.2) is 0 Å². The molecule has 0 aromatic carbocycles. The second-order valence-electron chi connectivity index (χ2n) is 2.21. The van der Waals surface area contributed by atoms with Gasteiger partial charge in [-0.15, -0.1) is 0 Å². The Hall–Kier alpha value is -0.380. The Labute approximate surface area is 138 Å². The van der Waals surface area contributed by atoms with Crippen LogP contribution in [0.5, 0.6) is 0 Å². The van der Waals surface area contributed by atoms with Crippen molar-refractivity contribution in [3.63, 3.8) is 0 Å². The van der Waals surface area contributed by atoms with E-state index in [-0.39, 0.29) is 59.1 Å². The third-order valence-corrected chi connectivity index (χ3v) is 0.681. The summed E-state index contributed by atoms with van der Waals surface area (Å²) in [4.78, 5) is 30.5. The van der Waals surface area contributed by atoms with Crippen molar-refractivity contribution >= 4 is 11.9 Å². The third kappa shape index (κ3) is 49.9. The van der Waals surface area contributed by atoms with E-state index < -0.39 is 11.9 Å². The number of aromatic nitrogens is 1. The standard InChI is InChI=1S/C5H5NO.2C2H4O2.I.Na/c7-5-3-1-2-4-6-5;2*1-2(3)4;;/h1-4H,(H,6,7);2*1H3,(H,3,4);;/q;;;2*+1/p-2. The van der Waals surface area contributed by atoms with Crippen molar-refractivity contribution < 1.29 is 73.3 Å². The monoisotopic (exact) mass is 363 g/mol. The maximum atomic E-state index is 10.2. The fourth-order valence-electron chi connectivity index (χ4n) is 0.377. The van der Waals surface area contributed by atoms with E-state index in [0.29, 0.717) is 0 Å². The van der Waals surface area contributed by atoms with Gasteiger partial charge >= 0.3 is 53.5 Å². The van der Waals surface area contributed by atoms with Crippen LogP contribution in [0.1, 0.15) is 13.8 Å². The number of pyridine rings is 1. The molecule has 0 unspecified atom stereocenters. The number of hydrogen-bond donors (Lipinski definition) is 1. The number of hydrogen-bond acceptors (Lipinski definition) is 5. The van der Waals surface area contributed by atoms with Crippen molar-refractivity contribution in [3.05, 3.63) is 34.7 Å². The number of carbonyl (C=O) groups is 2. The van der Waals surface area contributed by atoms with Gasteiger partial charge in [-0.1, -0.05) is 6.07 Å². The van der Waals surface area contributed by atoms with Crippen LogP contribution < -0.4 is 69.3 Å². The fraction of sp³-hybridized carbons (Fsp3) is 0.222. The number of nitrogens with one attached hydrogen (secondary N) is 1. The van der Waals surface area contributed by atoms with Crippen molar-refractivity contribution in [3.8, 4) is 0 Å². The molecule has 0 spiro atoms. The van der Waals surface area contributed by atoms with E-state index in [1.54, 1.807) is 18.3 Å². The topological polar surface area (TPSA) is 113 Å². The molecule has 0 bridgehead atoms. The summed E-state index contributed by atoms with van der Waals surface area (Å²) < 4.78 is 0. The summed E-state index contributed by atoms with van der Waals surface area (Å²) in [5, 5.41) is 17.8.